The van der Waals surface area contributed by atoms with Crippen LogP contribution in [0.4, 0.5) is 0 Å². The lowest BCUT2D eigenvalue weighted by atomic mass is 9.96. The number of nitrogens with one attached hydrogen (secondary N) is 1. The maximum absolute atomic E-state index is 13.3. The van der Waals surface area contributed by atoms with Crippen molar-refractivity contribution in [2.24, 2.45) is 0 Å². The monoisotopic (exact) mass is 1220 g/mol. The fourth-order valence-electron chi connectivity index (χ4n) is 11.7. The zero-order valence-electron chi connectivity index (χ0n) is 52.6. The van der Waals surface area contributed by atoms with E-state index in [1.165, 1.54) is 186 Å². The Morgan fingerprint density at radius 2 is 0.753 bits per heavy atom. The molecule has 3 fully saturated rings. The summed E-state index contributed by atoms with van der Waals surface area (Å²) in [4.78, 5) is 13.3. The summed E-state index contributed by atoms with van der Waals surface area (Å²) in [6.07, 6.45) is 27.7. The van der Waals surface area contributed by atoms with Crippen LogP contribution < -0.4 is 5.32 Å². The van der Waals surface area contributed by atoms with Gasteiger partial charge in [-0.2, -0.15) is 0 Å². The molecule has 0 aromatic carbocycles. The van der Waals surface area contributed by atoms with Crippen molar-refractivity contribution in [1.29, 1.82) is 0 Å². The predicted molar refractivity (Wildman–Crippen MR) is 328 cm³/mol. The topological polar surface area (TPSA) is 307 Å². The lowest BCUT2D eigenvalue weighted by Gasteiger charge is -2.48. The molecule has 0 bridgehead atoms. The molecule has 3 rings (SSSR count). The molecule has 85 heavy (non-hydrogen) atoms. The summed E-state index contributed by atoms with van der Waals surface area (Å²) >= 11 is 0. The largest absolute Gasteiger partial charge is 0.394 e. The Morgan fingerprint density at radius 3 is 1.18 bits per heavy atom. The Bertz CT molecular complexity index is 1640. The van der Waals surface area contributed by atoms with E-state index in [4.69, 9.17) is 28.4 Å². The number of aliphatic hydroxyl groups is 11. The first-order chi connectivity index (χ1) is 41.3. The van der Waals surface area contributed by atoms with Crippen LogP contribution in [0.3, 0.4) is 0 Å². The average molecular weight is 1220 g/mol. The smallest absolute Gasteiger partial charge is 0.220 e. The highest BCUT2D eigenvalue weighted by Crippen LogP contribution is 2.33. The molecule has 19 heteroatoms. The number of aliphatic hydroxyl groups excluding tert-OH is 11. The first kappa shape index (κ1) is 77.5. The number of amides is 1. The second-order valence-corrected chi connectivity index (χ2v) is 24.6. The molecule has 17 unspecified atom stereocenters. The van der Waals surface area contributed by atoms with Gasteiger partial charge in [-0.25, -0.2) is 0 Å². The molecule has 3 aliphatic heterocycles. The van der Waals surface area contributed by atoms with Crippen molar-refractivity contribution in [3.05, 3.63) is 24.3 Å². The minimum absolute atomic E-state index is 0.240. The summed E-state index contributed by atoms with van der Waals surface area (Å²) in [6, 6.07) is -0.985. The zero-order chi connectivity index (χ0) is 61.9. The summed E-state index contributed by atoms with van der Waals surface area (Å²) in [5.41, 5.74) is 0. The highest BCUT2D eigenvalue weighted by atomic mass is 16.8. The molecule has 12 N–H and O–H groups in total. The molecule has 3 saturated heterocycles. The molecule has 17 atom stereocenters. The molecule has 0 aromatic rings. The van der Waals surface area contributed by atoms with Crippen LogP contribution in [0, 0.1) is 0 Å². The summed E-state index contributed by atoms with van der Waals surface area (Å²) in [7, 11) is 0. The van der Waals surface area contributed by atoms with Gasteiger partial charge < -0.3 is 89.9 Å². The molecule has 0 aromatic heterocycles. The first-order valence-electron chi connectivity index (χ1n) is 34.1. The van der Waals surface area contributed by atoms with Crippen molar-refractivity contribution >= 4 is 5.91 Å². The van der Waals surface area contributed by atoms with Gasteiger partial charge in [-0.3, -0.25) is 4.79 Å². The Balaban J connectivity index is 1.37. The van der Waals surface area contributed by atoms with E-state index in [1.54, 1.807) is 6.08 Å². The molecular weight excluding hydrogens is 1090 g/mol. The summed E-state index contributed by atoms with van der Waals surface area (Å²) in [5, 5.41) is 120. The van der Waals surface area contributed by atoms with Crippen LogP contribution in [-0.2, 0) is 33.2 Å². The third kappa shape index (κ3) is 31.7. The van der Waals surface area contributed by atoms with Gasteiger partial charge >= 0.3 is 0 Å². The molecular formula is C66H123NO18. The van der Waals surface area contributed by atoms with Crippen LogP contribution in [0.2, 0.25) is 0 Å². The molecule has 1 amide bonds. The lowest BCUT2D eigenvalue weighted by molar-refractivity contribution is -0.379. The molecule has 0 radical (unpaired) electrons. The van der Waals surface area contributed by atoms with Crippen LogP contribution >= 0.6 is 0 Å². The van der Waals surface area contributed by atoms with Crippen molar-refractivity contribution in [2.45, 2.75) is 362 Å². The van der Waals surface area contributed by atoms with Crippen molar-refractivity contribution in [1.82, 2.24) is 5.32 Å². The fourth-order valence-corrected chi connectivity index (χ4v) is 11.7. The van der Waals surface area contributed by atoms with E-state index in [0.717, 1.165) is 38.5 Å². The van der Waals surface area contributed by atoms with Gasteiger partial charge in [0.2, 0.25) is 5.91 Å². The average Bonchev–Trinajstić information content (AvgIpc) is 3.70. The molecule has 19 nitrogen and oxygen atoms in total. The van der Waals surface area contributed by atoms with Crippen molar-refractivity contribution in [3.63, 3.8) is 0 Å². The van der Waals surface area contributed by atoms with Crippen LogP contribution in [0.1, 0.15) is 258 Å². The Labute approximate surface area is 511 Å². The quantitative estimate of drug-likeness (QED) is 0.0201. The highest BCUT2D eigenvalue weighted by Gasteiger charge is 2.53. The van der Waals surface area contributed by atoms with Gasteiger partial charge in [0.25, 0.3) is 0 Å². The summed E-state index contributed by atoms with van der Waals surface area (Å²) < 4.78 is 34.2. The van der Waals surface area contributed by atoms with Gasteiger partial charge in [0, 0.05) is 6.42 Å². The van der Waals surface area contributed by atoms with Crippen LogP contribution in [0.15, 0.2) is 24.3 Å². The normalized spacial score (nSPS) is 29.1. The van der Waals surface area contributed by atoms with Gasteiger partial charge in [-0.05, 0) is 32.1 Å². The van der Waals surface area contributed by atoms with E-state index < -0.39 is 124 Å². The maximum atomic E-state index is 13.3. The third-order valence-electron chi connectivity index (χ3n) is 17.3. The second-order valence-electron chi connectivity index (χ2n) is 24.6. The van der Waals surface area contributed by atoms with Crippen LogP contribution in [0.5, 0.6) is 0 Å². The molecule has 0 saturated carbocycles. The number of unbranched alkanes of at least 4 members (excludes halogenated alkanes) is 34. The van der Waals surface area contributed by atoms with Gasteiger partial charge in [-0.1, -0.05) is 244 Å². The number of allylic oxidation sites excluding steroid dienone is 3. The number of carbonyl (C=O) groups is 1. The van der Waals surface area contributed by atoms with E-state index in [-0.39, 0.29) is 18.9 Å². The minimum atomic E-state index is -1.98. The SMILES string of the molecule is CCCCCCC/C=C/CC/C=C/C(O)C(COC1OC(CO)C(OC2OC(CO)C(OC3OC(CO)C(O)C(O)C3O)C(O)C2O)C(O)C1O)NC(=O)CCCCCCCCCCCCCCCCCCCCCCCCCCCCCCC. The van der Waals surface area contributed by atoms with E-state index in [9.17, 15) is 61.0 Å². The van der Waals surface area contributed by atoms with Crippen LogP contribution in [0.25, 0.3) is 0 Å². The third-order valence-corrected chi connectivity index (χ3v) is 17.3. The standard InChI is InChI=1S/C66H123NO18/c1-3-5-7-9-11-13-15-16-17-18-19-20-21-22-23-24-25-26-27-28-29-30-31-32-34-36-38-40-42-44-54(72)67-49(50(71)43-41-39-37-35-33-14-12-10-8-6-4-2)48-80-64-60(78)57(75)62(52(46-69)82-64)85-66-61(79)58(76)63(53(47-70)83-66)84-65-59(77)56(74)55(73)51(45-68)81-65/h33,35,41,43,49-53,55-66,68-71,73-79H,3-32,34,36-40,42,44-48H2,1-2H3,(H,67,72)/b35-33+,43-41+. The molecule has 0 aliphatic carbocycles. The van der Waals surface area contributed by atoms with Gasteiger partial charge in [0.1, 0.15) is 73.2 Å². The van der Waals surface area contributed by atoms with Gasteiger partial charge in [-0.15, -0.1) is 0 Å². The second kappa shape index (κ2) is 49.0. The van der Waals surface area contributed by atoms with Crippen molar-refractivity contribution in [3.8, 4) is 0 Å². The van der Waals surface area contributed by atoms with Gasteiger partial charge in [0.15, 0.2) is 18.9 Å². The number of ether oxygens (including phenoxy) is 6. The van der Waals surface area contributed by atoms with E-state index in [2.05, 4.69) is 31.3 Å². The number of rotatable bonds is 52. The molecule has 3 heterocycles. The van der Waals surface area contributed by atoms with Crippen molar-refractivity contribution in [2.75, 3.05) is 26.4 Å². The summed E-state index contributed by atoms with van der Waals surface area (Å²) in [5.74, 6) is -0.282. The predicted octanol–water partition coefficient (Wildman–Crippen LogP) is 8.27. The van der Waals surface area contributed by atoms with Crippen LogP contribution in [-0.4, -0.2) is 193 Å². The molecule has 500 valence electrons. The molecule has 0 spiro atoms. The first-order valence-corrected chi connectivity index (χ1v) is 34.1. The number of hydrogen-bond donors (Lipinski definition) is 12. The maximum Gasteiger partial charge on any atom is 0.220 e. The number of carbonyl (C=O) groups excluding carboxylic acids is 1. The molecule has 3 aliphatic rings. The zero-order valence-corrected chi connectivity index (χ0v) is 52.6. The highest BCUT2D eigenvalue weighted by molar-refractivity contribution is 5.76. The Morgan fingerprint density at radius 1 is 0.412 bits per heavy atom. The Hall–Kier alpha value is -1.73. The minimum Gasteiger partial charge on any atom is -0.394 e. The summed E-state index contributed by atoms with van der Waals surface area (Å²) in [6.45, 7) is 1.70. The Kier molecular flexibility index (Phi) is 44.7. The van der Waals surface area contributed by atoms with E-state index in [1.807, 2.05) is 6.08 Å². The van der Waals surface area contributed by atoms with E-state index >= 15 is 0 Å². The fraction of sp³-hybridized carbons (Fsp3) is 0.924. The number of hydrogen-bond acceptors (Lipinski definition) is 18. The van der Waals surface area contributed by atoms with Gasteiger partial charge in [0.05, 0.1) is 38.6 Å². The lowest BCUT2D eigenvalue weighted by Crippen LogP contribution is -2.66. The van der Waals surface area contributed by atoms with E-state index in [0.29, 0.717) is 12.8 Å². The van der Waals surface area contributed by atoms with Crippen molar-refractivity contribution < 1.29 is 89.4 Å².